The molecule has 0 bridgehead atoms. The number of rotatable bonds is 4. The molecule has 2 N–H and O–H groups in total. The molecule has 3 rings (SSSR count). The van der Waals surface area contributed by atoms with Crippen LogP contribution in [0.2, 0.25) is 0 Å². The number of imidazole rings is 1. The van der Waals surface area contributed by atoms with E-state index in [1.54, 1.807) is 0 Å². The molecule has 0 saturated carbocycles. The van der Waals surface area contributed by atoms with Gasteiger partial charge in [-0.2, -0.15) is 0 Å². The van der Waals surface area contributed by atoms with E-state index in [4.69, 9.17) is 0 Å². The Bertz CT molecular complexity index is 630. The molecule has 2 heterocycles. The van der Waals surface area contributed by atoms with Gasteiger partial charge in [0.25, 0.3) is 0 Å². The highest BCUT2D eigenvalue weighted by Gasteiger charge is 2.29. The Kier molecular flexibility index (Phi) is 3.44. The number of carbonyl (C=O) groups is 1. The summed E-state index contributed by atoms with van der Waals surface area (Å²) < 4.78 is 2.04. The predicted octanol–water partition coefficient (Wildman–Crippen LogP) is 1.85. The zero-order chi connectivity index (χ0) is 14.1. The predicted molar refractivity (Wildman–Crippen MR) is 79.6 cm³/mol. The van der Waals surface area contributed by atoms with Crippen LogP contribution in [0.4, 0.5) is 5.95 Å². The van der Waals surface area contributed by atoms with Crippen molar-refractivity contribution in [3.63, 3.8) is 0 Å². The standard InChI is InChI=1S/C15H20N4O/c1-3-19-13-7-5-4-6-12(13)17-15(19)18-14(20)10(2)11-8-16-9-11/h4-7,10-11,16H,3,8-9H2,1-2H3,(H,17,18,20). The van der Waals surface area contributed by atoms with Crippen molar-refractivity contribution in [1.82, 2.24) is 14.9 Å². The summed E-state index contributed by atoms with van der Waals surface area (Å²) in [5.41, 5.74) is 1.98. The number of hydrogen-bond donors (Lipinski definition) is 2. The quantitative estimate of drug-likeness (QED) is 0.893. The van der Waals surface area contributed by atoms with E-state index in [0.29, 0.717) is 11.9 Å². The van der Waals surface area contributed by atoms with Crippen LogP contribution in [0, 0.1) is 11.8 Å². The van der Waals surface area contributed by atoms with Gasteiger partial charge in [0.05, 0.1) is 11.0 Å². The lowest BCUT2D eigenvalue weighted by atomic mass is 9.88. The minimum atomic E-state index is 0.0152. The first kappa shape index (κ1) is 13.1. The van der Waals surface area contributed by atoms with Crippen LogP contribution in [-0.4, -0.2) is 28.5 Å². The molecule has 1 aliphatic heterocycles. The van der Waals surface area contributed by atoms with Crippen molar-refractivity contribution in [1.29, 1.82) is 0 Å². The van der Waals surface area contributed by atoms with E-state index < -0.39 is 0 Å². The fourth-order valence-electron chi connectivity index (χ4n) is 2.59. The maximum atomic E-state index is 12.3. The molecule has 1 aromatic heterocycles. The average molecular weight is 272 g/mol. The minimum Gasteiger partial charge on any atom is -0.316 e. The van der Waals surface area contributed by atoms with Gasteiger partial charge in [0.15, 0.2) is 0 Å². The molecule has 0 spiro atoms. The van der Waals surface area contributed by atoms with Gasteiger partial charge in [0.2, 0.25) is 11.9 Å². The fourth-order valence-corrected chi connectivity index (χ4v) is 2.59. The highest BCUT2D eigenvalue weighted by atomic mass is 16.2. The van der Waals surface area contributed by atoms with Crippen LogP contribution >= 0.6 is 0 Å². The molecule has 1 fully saturated rings. The summed E-state index contributed by atoms with van der Waals surface area (Å²) >= 11 is 0. The first-order valence-corrected chi connectivity index (χ1v) is 7.17. The lowest BCUT2D eigenvalue weighted by Crippen LogP contribution is -2.48. The van der Waals surface area contributed by atoms with E-state index in [9.17, 15) is 4.79 Å². The largest absolute Gasteiger partial charge is 0.316 e. The maximum absolute atomic E-state index is 12.3. The number of nitrogens with one attached hydrogen (secondary N) is 2. The number of carbonyl (C=O) groups excluding carboxylic acids is 1. The van der Waals surface area contributed by atoms with Crippen molar-refractivity contribution in [3.8, 4) is 0 Å². The Hall–Kier alpha value is -1.88. The summed E-state index contributed by atoms with van der Waals surface area (Å²) in [4.78, 5) is 16.8. The van der Waals surface area contributed by atoms with E-state index in [1.165, 1.54) is 0 Å². The third-order valence-electron chi connectivity index (χ3n) is 4.14. The molecule has 1 amide bonds. The molecule has 0 radical (unpaired) electrons. The molecule has 1 saturated heterocycles. The van der Waals surface area contributed by atoms with Gasteiger partial charge in [-0.3, -0.25) is 10.1 Å². The normalized spacial score (nSPS) is 16.9. The lowest BCUT2D eigenvalue weighted by molar-refractivity contribution is -0.121. The van der Waals surface area contributed by atoms with Crippen molar-refractivity contribution in [2.45, 2.75) is 20.4 Å². The first-order valence-electron chi connectivity index (χ1n) is 7.17. The lowest BCUT2D eigenvalue weighted by Gasteiger charge is -2.31. The zero-order valence-electron chi connectivity index (χ0n) is 11.9. The summed E-state index contributed by atoms with van der Waals surface area (Å²) in [7, 11) is 0. The van der Waals surface area contributed by atoms with E-state index in [2.05, 4.69) is 22.5 Å². The number of nitrogens with zero attached hydrogens (tertiary/aromatic N) is 2. The second kappa shape index (κ2) is 5.25. The highest BCUT2D eigenvalue weighted by Crippen LogP contribution is 2.22. The van der Waals surface area contributed by atoms with Crippen LogP contribution in [0.1, 0.15) is 13.8 Å². The monoisotopic (exact) mass is 272 g/mol. The number of aromatic nitrogens is 2. The van der Waals surface area contributed by atoms with Gasteiger partial charge in [-0.1, -0.05) is 19.1 Å². The molecule has 5 heteroatoms. The summed E-state index contributed by atoms with van der Waals surface area (Å²) in [6.45, 7) is 6.69. The second-order valence-corrected chi connectivity index (χ2v) is 5.36. The molecular formula is C15H20N4O. The Morgan fingerprint density at radius 1 is 1.50 bits per heavy atom. The molecule has 2 aromatic rings. The Morgan fingerprint density at radius 3 is 2.90 bits per heavy atom. The van der Waals surface area contributed by atoms with Gasteiger partial charge in [-0.15, -0.1) is 0 Å². The van der Waals surface area contributed by atoms with E-state index in [1.807, 2.05) is 35.8 Å². The van der Waals surface area contributed by atoms with Crippen molar-refractivity contribution in [2.75, 3.05) is 18.4 Å². The van der Waals surface area contributed by atoms with Crippen LogP contribution in [0.5, 0.6) is 0 Å². The van der Waals surface area contributed by atoms with Crippen LogP contribution < -0.4 is 10.6 Å². The number of para-hydroxylation sites is 2. The third kappa shape index (κ3) is 2.18. The average Bonchev–Trinajstić information content (AvgIpc) is 2.73. The number of amides is 1. The van der Waals surface area contributed by atoms with Crippen LogP contribution in [0.25, 0.3) is 11.0 Å². The van der Waals surface area contributed by atoms with Crippen molar-refractivity contribution >= 4 is 22.9 Å². The maximum Gasteiger partial charge on any atom is 0.229 e. The number of aryl methyl sites for hydroxylation is 1. The van der Waals surface area contributed by atoms with E-state index in [-0.39, 0.29) is 11.8 Å². The highest BCUT2D eigenvalue weighted by molar-refractivity contribution is 5.93. The summed E-state index contributed by atoms with van der Waals surface area (Å²) in [5.74, 6) is 1.16. The van der Waals surface area contributed by atoms with Gasteiger partial charge >= 0.3 is 0 Å². The molecular weight excluding hydrogens is 252 g/mol. The van der Waals surface area contributed by atoms with Gasteiger partial charge < -0.3 is 9.88 Å². The van der Waals surface area contributed by atoms with Crippen LogP contribution in [0.15, 0.2) is 24.3 Å². The SMILES string of the molecule is CCn1c(NC(=O)C(C)C2CNC2)nc2ccccc21. The summed E-state index contributed by atoms with van der Waals surface area (Å²) in [5, 5.41) is 6.19. The van der Waals surface area contributed by atoms with E-state index in [0.717, 1.165) is 30.7 Å². The molecule has 1 aromatic carbocycles. The molecule has 1 unspecified atom stereocenters. The van der Waals surface area contributed by atoms with Gasteiger partial charge in [-0.05, 0) is 38.1 Å². The second-order valence-electron chi connectivity index (χ2n) is 5.36. The smallest absolute Gasteiger partial charge is 0.229 e. The fraction of sp³-hybridized carbons (Fsp3) is 0.467. The Balaban J connectivity index is 1.84. The number of anilines is 1. The van der Waals surface area contributed by atoms with Crippen molar-refractivity contribution < 1.29 is 4.79 Å². The topological polar surface area (TPSA) is 59.0 Å². The number of benzene rings is 1. The molecule has 1 atom stereocenters. The number of fused-ring (bicyclic) bond motifs is 1. The molecule has 20 heavy (non-hydrogen) atoms. The minimum absolute atomic E-state index is 0.0152. The molecule has 0 aliphatic carbocycles. The Labute approximate surface area is 118 Å². The van der Waals surface area contributed by atoms with Crippen molar-refractivity contribution in [3.05, 3.63) is 24.3 Å². The van der Waals surface area contributed by atoms with Gasteiger partial charge in [0, 0.05) is 12.5 Å². The Morgan fingerprint density at radius 2 is 2.25 bits per heavy atom. The van der Waals surface area contributed by atoms with Crippen LogP contribution in [0.3, 0.4) is 0 Å². The molecule has 5 nitrogen and oxygen atoms in total. The molecule has 106 valence electrons. The van der Waals surface area contributed by atoms with Gasteiger partial charge in [0.1, 0.15) is 0 Å². The van der Waals surface area contributed by atoms with E-state index >= 15 is 0 Å². The summed E-state index contributed by atoms with van der Waals surface area (Å²) in [6, 6.07) is 7.95. The van der Waals surface area contributed by atoms with Crippen molar-refractivity contribution in [2.24, 2.45) is 11.8 Å². The molecule has 1 aliphatic rings. The van der Waals surface area contributed by atoms with Crippen LogP contribution in [-0.2, 0) is 11.3 Å². The third-order valence-corrected chi connectivity index (χ3v) is 4.14. The first-order chi connectivity index (χ1) is 9.70. The zero-order valence-corrected chi connectivity index (χ0v) is 11.9. The summed E-state index contributed by atoms with van der Waals surface area (Å²) in [6.07, 6.45) is 0. The van der Waals surface area contributed by atoms with Gasteiger partial charge in [-0.25, -0.2) is 4.98 Å². The number of hydrogen-bond acceptors (Lipinski definition) is 3.